The van der Waals surface area contributed by atoms with Gasteiger partial charge in [-0.3, -0.25) is 0 Å². The number of nitrogens with two attached hydrogens (primary N) is 1. The fourth-order valence-corrected chi connectivity index (χ4v) is 2.01. The van der Waals surface area contributed by atoms with E-state index in [0.29, 0.717) is 19.5 Å². The summed E-state index contributed by atoms with van der Waals surface area (Å²) in [5.41, 5.74) is 5.50. The Labute approximate surface area is 103 Å². The predicted molar refractivity (Wildman–Crippen MR) is 65.6 cm³/mol. The zero-order valence-corrected chi connectivity index (χ0v) is 11.0. The van der Waals surface area contributed by atoms with Crippen molar-refractivity contribution in [2.24, 2.45) is 11.7 Å². The average Bonchev–Trinajstić information content (AvgIpc) is 2.19. The van der Waals surface area contributed by atoms with E-state index in [0.717, 1.165) is 6.42 Å². The number of piperidine rings is 1. The SMILES string of the molecule is CC(C)(C)OC(=O)N1CCC(N)C(CCO)C1. The summed E-state index contributed by atoms with van der Waals surface area (Å²) in [7, 11) is 0. The molecule has 0 aliphatic carbocycles. The van der Waals surface area contributed by atoms with Crippen LogP contribution < -0.4 is 5.73 Å². The Hall–Kier alpha value is -0.810. The molecular formula is C12H24N2O3. The second kappa shape index (κ2) is 5.69. The smallest absolute Gasteiger partial charge is 0.410 e. The van der Waals surface area contributed by atoms with Crippen LogP contribution in [0.25, 0.3) is 0 Å². The molecule has 1 aliphatic heterocycles. The van der Waals surface area contributed by atoms with Crippen LogP contribution in [-0.4, -0.2) is 47.4 Å². The predicted octanol–water partition coefficient (Wildman–Crippen LogP) is 0.953. The van der Waals surface area contributed by atoms with Crippen molar-refractivity contribution in [1.82, 2.24) is 4.90 Å². The summed E-state index contributed by atoms with van der Waals surface area (Å²) in [6.07, 6.45) is 1.12. The van der Waals surface area contributed by atoms with Crippen LogP contribution in [0, 0.1) is 5.92 Å². The molecule has 0 aromatic rings. The maximum Gasteiger partial charge on any atom is 0.410 e. The molecule has 2 atom stereocenters. The number of rotatable bonds is 2. The highest BCUT2D eigenvalue weighted by Gasteiger charge is 2.31. The molecule has 0 aromatic heterocycles. The molecule has 1 fully saturated rings. The highest BCUT2D eigenvalue weighted by atomic mass is 16.6. The van der Waals surface area contributed by atoms with Crippen molar-refractivity contribution in [3.8, 4) is 0 Å². The van der Waals surface area contributed by atoms with E-state index in [9.17, 15) is 4.79 Å². The molecular weight excluding hydrogens is 220 g/mol. The van der Waals surface area contributed by atoms with Crippen LogP contribution >= 0.6 is 0 Å². The Morgan fingerprint density at radius 3 is 2.71 bits per heavy atom. The maximum atomic E-state index is 11.9. The number of amides is 1. The van der Waals surface area contributed by atoms with Gasteiger partial charge in [-0.15, -0.1) is 0 Å². The number of aliphatic hydroxyl groups excluding tert-OH is 1. The summed E-state index contributed by atoms with van der Waals surface area (Å²) in [6.45, 7) is 6.89. The van der Waals surface area contributed by atoms with Gasteiger partial charge in [0.2, 0.25) is 0 Å². The first-order valence-corrected chi connectivity index (χ1v) is 6.18. The number of likely N-dealkylation sites (tertiary alicyclic amines) is 1. The van der Waals surface area contributed by atoms with Crippen LogP contribution in [0.2, 0.25) is 0 Å². The lowest BCUT2D eigenvalue weighted by Crippen LogP contribution is -2.50. The number of hydrogen-bond donors (Lipinski definition) is 2. The molecule has 5 nitrogen and oxygen atoms in total. The van der Waals surface area contributed by atoms with Gasteiger partial charge in [-0.05, 0) is 39.5 Å². The van der Waals surface area contributed by atoms with Crippen molar-refractivity contribution in [1.29, 1.82) is 0 Å². The molecule has 100 valence electrons. The van der Waals surface area contributed by atoms with Crippen LogP contribution in [0.15, 0.2) is 0 Å². The van der Waals surface area contributed by atoms with Crippen molar-refractivity contribution in [2.45, 2.75) is 45.3 Å². The monoisotopic (exact) mass is 244 g/mol. The first-order chi connectivity index (χ1) is 7.83. The van der Waals surface area contributed by atoms with Crippen molar-refractivity contribution in [2.75, 3.05) is 19.7 Å². The minimum Gasteiger partial charge on any atom is -0.444 e. The number of aliphatic hydroxyl groups is 1. The fourth-order valence-electron chi connectivity index (χ4n) is 2.01. The zero-order valence-electron chi connectivity index (χ0n) is 11.0. The van der Waals surface area contributed by atoms with E-state index in [1.165, 1.54) is 0 Å². The fraction of sp³-hybridized carbons (Fsp3) is 0.917. The summed E-state index contributed by atoms with van der Waals surface area (Å²) in [5, 5.41) is 8.96. The number of ether oxygens (including phenoxy) is 1. The van der Waals surface area contributed by atoms with Crippen LogP contribution in [0.1, 0.15) is 33.6 Å². The maximum absolute atomic E-state index is 11.9. The van der Waals surface area contributed by atoms with E-state index in [1.807, 2.05) is 20.8 Å². The third kappa shape index (κ3) is 4.52. The summed E-state index contributed by atoms with van der Waals surface area (Å²) >= 11 is 0. The van der Waals surface area contributed by atoms with E-state index in [-0.39, 0.29) is 24.7 Å². The van der Waals surface area contributed by atoms with Gasteiger partial charge >= 0.3 is 6.09 Å². The molecule has 1 rings (SSSR count). The first kappa shape index (κ1) is 14.3. The molecule has 0 aromatic carbocycles. The quantitative estimate of drug-likeness (QED) is 0.758. The van der Waals surface area contributed by atoms with Gasteiger partial charge in [-0.25, -0.2) is 4.79 Å². The minimum atomic E-state index is -0.469. The Kier molecular flexibility index (Phi) is 4.77. The highest BCUT2D eigenvalue weighted by molar-refractivity contribution is 5.68. The van der Waals surface area contributed by atoms with Gasteiger partial charge in [0.05, 0.1) is 0 Å². The molecule has 0 spiro atoms. The van der Waals surface area contributed by atoms with Crippen LogP contribution in [-0.2, 0) is 4.74 Å². The molecule has 17 heavy (non-hydrogen) atoms. The van der Waals surface area contributed by atoms with E-state index in [4.69, 9.17) is 15.6 Å². The molecule has 0 bridgehead atoms. The molecule has 2 unspecified atom stereocenters. The number of carbonyl (C=O) groups excluding carboxylic acids is 1. The summed E-state index contributed by atoms with van der Waals surface area (Å²) in [6, 6.07) is 0.0702. The second-order valence-electron chi connectivity index (χ2n) is 5.65. The van der Waals surface area contributed by atoms with Crippen molar-refractivity contribution >= 4 is 6.09 Å². The van der Waals surface area contributed by atoms with E-state index in [1.54, 1.807) is 4.90 Å². The number of nitrogens with zero attached hydrogens (tertiary/aromatic N) is 1. The Balaban J connectivity index is 2.52. The molecule has 0 saturated carbocycles. The van der Waals surface area contributed by atoms with Crippen molar-refractivity contribution in [3.63, 3.8) is 0 Å². The van der Waals surface area contributed by atoms with Crippen LogP contribution in [0.3, 0.4) is 0 Å². The van der Waals surface area contributed by atoms with Gasteiger partial charge < -0.3 is 20.5 Å². The molecule has 3 N–H and O–H groups in total. The number of hydrogen-bond acceptors (Lipinski definition) is 4. The third-order valence-electron chi connectivity index (χ3n) is 2.94. The first-order valence-electron chi connectivity index (χ1n) is 6.18. The summed E-state index contributed by atoms with van der Waals surface area (Å²) in [5.74, 6) is 0.168. The molecule has 5 heteroatoms. The van der Waals surface area contributed by atoms with Gasteiger partial charge in [0.15, 0.2) is 0 Å². The highest BCUT2D eigenvalue weighted by Crippen LogP contribution is 2.20. The topological polar surface area (TPSA) is 75.8 Å². The minimum absolute atomic E-state index is 0.0702. The van der Waals surface area contributed by atoms with Crippen molar-refractivity contribution in [3.05, 3.63) is 0 Å². The Bertz CT molecular complexity index is 263. The number of carbonyl (C=O) groups is 1. The molecule has 1 heterocycles. The molecule has 0 radical (unpaired) electrons. The van der Waals surface area contributed by atoms with Crippen molar-refractivity contribution < 1.29 is 14.6 Å². The van der Waals surface area contributed by atoms with E-state index in [2.05, 4.69) is 0 Å². The largest absolute Gasteiger partial charge is 0.444 e. The van der Waals surface area contributed by atoms with E-state index >= 15 is 0 Å². The average molecular weight is 244 g/mol. The summed E-state index contributed by atoms with van der Waals surface area (Å²) < 4.78 is 5.32. The van der Waals surface area contributed by atoms with Crippen LogP contribution in [0.4, 0.5) is 4.79 Å². The standard InChI is InChI=1S/C12H24N2O3/c1-12(2,3)17-11(16)14-6-4-10(13)9(8-14)5-7-15/h9-10,15H,4-8,13H2,1-3H3. The van der Waals surface area contributed by atoms with Gasteiger partial charge in [0.25, 0.3) is 0 Å². The van der Waals surface area contributed by atoms with Gasteiger partial charge in [0.1, 0.15) is 5.60 Å². The molecule has 1 saturated heterocycles. The normalized spacial score (nSPS) is 25.8. The van der Waals surface area contributed by atoms with Crippen LogP contribution in [0.5, 0.6) is 0 Å². The van der Waals surface area contributed by atoms with E-state index < -0.39 is 5.60 Å². The summed E-state index contributed by atoms with van der Waals surface area (Å²) in [4.78, 5) is 13.6. The molecule has 1 amide bonds. The zero-order chi connectivity index (χ0) is 13.1. The lowest BCUT2D eigenvalue weighted by atomic mass is 9.90. The Morgan fingerprint density at radius 2 is 2.18 bits per heavy atom. The van der Waals surface area contributed by atoms with Gasteiger partial charge in [-0.1, -0.05) is 0 Å². The molecule has 1 aliphatic rings. The second-order valence-corrected chi connectivity index (χ2v) is 5.65. The van der Waals surface area contributed by atoms with Gasteiger partial charge in [-0.2, -0.15) is 0 Å². The lowest BCUT2D eigenvalue weighted by Gasteiger charge is -2.37. The lowest BCUT2D eigenvalue weighted by molar-refractivity contribution is 0.0132. The Morgan fingerprint density at radius 1 is 1.53 bits per heavy atom. The third-order valence-corrected chi connectivity index (χ3v) is 2.94. The van der Waals surface area contributed by atoms with Gasteiger partial charge in [0, 0.05) is 25.7 Å².